The number of hydrogen-bond acceptors (Lipinski definition) is 2. The fourth-order valence-corrected chi connectivity index (χ4v) is 3.44. The molecule has 2 aromatic carbocycles. The van der Waals surface area contributed by atoms with Crippen molar-refractivity contribution in [1.82, 2.24) is 0 Å². The van der Waals surface area contributed by atoms with Crippen molar-refractivity contribution in [2.75, 3.05) is 18.0 Å². The first-order valence-corrected chi connectivity index (χ1v) is 8.86. The Bertz CT molecular complexity index is 693. The molecule has 24 heavy (non-hydrogen) atoms. The van der Waals surface area contributed by atoms with E-state index in [0.29, 0.717) is 0 Å². The molecule has 1 aliphatic rings. The number of para-hydroxylation sites is 1. The van der Waals surface area contributed by atoms with Crippen LogP contribution in [0.5, 0.6) is 0 Å². The van der Waals surface area contributed by atoms with E-state index in [4.69, 9.17) is 5.73 Å². The van der Waals surface area contributed by atoms with Gasteiger partial charge in [0.25, 0.3) is 0 Å². The van der Waals surface area contributed by atoms with E-state index in [1.54, 1.807) is 0 Å². The molecule has 126 valence electrons. The largest absolute Gasteiger partial charge is 0.330 e. The van der Waals surface area contributed by atoms with Crippen molar-refractivity contribution >= 4 is 11.6 Å². The maximum atomic E-state index is 13.1. The highest BCUT2D eigenvalue weighted by Crippen LogP contribution is 2.35. The molecule has 0 fully saturated rings. The van der Waals surface area contributed by atoms with Crippen LogP contribution < -0.4 is 10.6 Å². The number of rotatable bonds is 6. The lowest BCUT2D eigenvalue weighted by Gasteiger charge is -2.34. The summed E-state index contributed by atoms with van der Waals surface area (Å²) >= 11 is 0. The lowest BCUT2D eigenvalue weighted by molar-refractivity contribution is -0.120. The maximum Gasteiger partial charge on any atom is 0.234 e. The number of nitrogens with zero attached hydrogens (tertiary/aromatic N) is 1. The predicted molar refractivity (Wildman–Crippen MR) is 99.3 cm³/mol. The van der Waals surface area contributed by atoms with Crippen molar-refractivity contribution in [1.29, 1.82) is 0 Å². The lowest BCUT2D eigenvalue weighted by Crippen LogP contribution is -2.40. The zero-order valence-corrected chi connectivity index (χ0v) is 14.4. The molecule has 0 bridgehead atoms. The Kier molecular flexibility index (Phi) is 5.31. The van der Waals surface area contributed by atoms with Crippen LogP contribution >= 0.6 is 0 Å². The molecule has 0 saturated carbocycles. The SMILES string of the molecule is Cc1ccc(C2Cc3ccccc3N(CCCCCN)C2=O)cc1. The van der Waals surface area contributed by atoms with Gasteiger partial charge >= 0.3 is 0 Å². The minimum absolute atomic E-state index is 0.0741. The van der Waals surface area contributed by atoms with Gasteiger partial charge < -0.3 is 10.6 Å². The second-order valence-corrected chi connectivity index (χ2v) is 6.64. The molecule has 3 heteroatoms. The van der Waals surface area contributed by atoms with E-state index >= 15 is 0 Å². The maximum absolute atomic E-state index is 13.1. The molecule has 3 rings (SSSR count). The number of anilines is 1. The molecule has 2 N–H and O–H groups in total. The molecule has 1 amide bonds. The monoisotopic (exact) mass is 322 g/mol. The molecule has 0 saturated heterocycles. The number of nitrogens with two attached hydrogens (primary N) is 1. The molecule has 1 aliphatic heterocycles. The van der Waals surface area contributed by atoms with Crippen LogP contribution in [0.4, 0.5) is 5.69 Å². The van der Waals surface area contributed by atoms with E-state index < -0.39 is 0 Å². The fourth-order valence-electron chi connectivity index (χ4n) is 3.44. The van der Waals surface area contributed by atoms with E-state index in [0.717, 1.165) is 50.0 Å². The molecule has 0 aromatic heterocycles. The average Bonchev–Trinajstić information content (AvgIpc) is 2.61. The highest BCUT2D eigenvalue weighted by Gasteiger charge is 2.33. The lowest BCUT2D eigenvalue weighted by atomic mass is 9.86. The Labute approximate surface area is 144 Å². The first-order valence-electron chi connectivity index (χ1n) is 8.86. The minimum Gasteiger partial charge on any atom is -0.330 e. The molecule has 1 unspecified atom stereocenters. The van der Waals surface area contributed by atoms with Gasteiger partial charge in [-0.05, 0) is 49.9 Å². The van der Waals surface area contributed by atoms with E-state index in [1.165, 1.54) is 11.1 Å². The Morgan fingerprint density at radius 2 is 1.79 bits per heavy atom. The molecule has 3 nitrogen and oxygen atoms in total. The summed E-state index contributed by atoms with van der Waals surface area (Å²) in [5.74, 6) is 0.153. The standard InChI is InChI=1S/C21H26N2O/c1-16-9-11-17(12-10-16)19-15-18-7-3-4-8-20(18)23(21(19)24)14-6-2-5-13-22/h3-4,7-12,19H,2,5-6,13-15,22H2,1H3. The van der Waals surface area contributed by atoms with Crippen LogP contribution in [0.2, 0.25) is 0 Å². The summed E-state index contributed by atoms with van der Waals surface area (Å²) in [7, 11) is 0. The van der Waals surface area contributed by atoms with Gasteiger partial charge in [-0.25, -0.2) is 0 Å². The van der Waals surface area contributed by atoms with E-state index in [9.17, 15) is 4.79 Å². The van der Waals surface area contributed by atoms with Crippen molar-refractivity contribution in [2.45, 2.75) is 38.5 Å². The summed E-state index contributed by atoms with van der Waals surface area (Å²) in [4.78, 5) is 15.1. The number of carbonyl (C=O) groups is 1. The van der Waals surface area contributed by atoms with Gasteiger partial charge in [0, 0.05) is 12.2 Å². The Hall–Kier alpha value is -2.13. The summed E-state index contributed by atoms with van der Waals surface area (Å²) in [6.07, 6.45) is 3.87. The molecule has 0 radical (unpaired) electrons. The number of amides is 1. The van der Waals surface area contributed by atoms with Gasteiger partial charge in [0.1, 0.15) is 0 Å². The smallest absolute Gasteiger partial charge is 0.234 e. The Morgan fingerprint density at radius 1 is 1.04 bits per heavy atom. The molecule has 0 aliphatic carbocycles. The van der Waals surface area contributed by atoms with Crippen LogP contribution in [-0.4, -0.2) is 19.0 Å². The van der Waals surface area contributed by atoms with Crippen LogP contribution in [0.25, 0.3) is 0 Å². The highest BCUT2D eigenvalue weighted by molar-refractivity contribution is 6.01. The summed E-state index contributed by atoms with van der Waals surface area (Å²) in [6.45, 7) is 3.57. The summed E-state index contributed by atoms with van der Waals surface area (Å²) in [5, 5.41) is 0. The number of aryl methyl sites for hydroxylation is 1. The first kappa shape index (κ1) is 16.7. The van der Waals surface area contributed by atoms with Crippen LogP contribution in [0.1, 0.15) is 41.9 Å². The molecular weight excluding hydrogens is 296 g/mol. The summed E-state index contributed by atoms with van der Waals surface area (Å²) in [6, 6.07) is 16.7. The van der Waals surface area contributed by atoms with Gasteiger partial charge in [-0.15, -0.1) is 0 Å². The van der Waals surface area contributed by atoms with Gasteiger partial charge in [0.05, 0.1) is 5.92 Å². The van der Waals surface area contributed by atoms with Crippen LogP contribution in [0.3, 0.4) is 0 Å². The Balaban J connectivity index is 1.86. The second-order valence-electron chi connectivity index (χ2n) is 6.64. The van der Waals surface area contributed by atoms with E-state index in [2.05, 4.69) is 49.4 Å². The third-order valence-corrected chi connectivity index (χ3v) is 4.84. The molecule has 1 heterocycles. The van der Waals surface area contributed by atoms with Crippen LogP contribution in [0, 0.1) is 6.92 Å². The topological polar surface area (TPSA) is 46.3 Å². The quantitative estimate of drug-likeness (QED) is 0.822. The van der Waals surface area contributed by atoms with Crippen molar-refractivity contribution in [3.8, 4) is 0 Å². The van der Waals surface area contributed by atoms with Gasteiger partial charge in [-0.2, -0.15) is 0 Å². The van der Waals surface area contributed by atoms with Crippen molar-refractivity contribution in [2.24, 2.45) is 5.73 Å². The highest BCUT2D eigenvalue weighted by atomic mass is 16.2. The van der Waals surface area contributed by atoms with Gasteiger partial charge in [0.2, 0.25) is 5.91 Å². The first-order chi connectivity index (χ1) is 11.7. The number of hydrogen-bond donors (Lipinski definition) is 1. The summed E-state index contributed by atoms with van der Waals surface area (Å²) < 4.78 is 0. The molecule has 0 spiro atoms. The van der Waals surface area contributed by atoms with E-state index in [-0.39, 0.29) is 11.8 Å². The van der Waals surface area contributed by atoms with Crippen LogP contribution in [-0.2, 0) is 11.2 Å². The third-order valence-electron chi connectivity index (χ3n) is 4.84. The number of fused-ring (bicyclic) bond motifs is 1. The number of carbonyl (C=O) groups excluding carboxylic acids is 1. The summed E-state index contributed by atoms with van der Waals surface area (Å²) in [5.41, 5.74) is 10.3. The van der Waals surface area contributed by atoms with Gasteiger partial charge in [0.15, 0.2) is 0 Å². The normalized spacial score (nSPS) is 17.0. The molecule has 1 atom stereocenters. The second kappa shape index (κ2) is 7.63. The average molecular weight is 322 g/mol. The minimum atomic E-state index is -0.0741. The fraction of sp³-hybridized carbons (Fsp3) is 0.381. The number of unbranched alkanes of at least 4 members (excludes halogenated alkanes) is 2. The van der Waals surface area contributed by atoms with Crippen molar-refractivity contribution < 1.29 is 4.79 Å². The van der Waals surface area contributed by atoms with E-state index in [1.807, 2.05) is 11.0 Å². The Morgan fingerprint density at radius 3 is 2.54 bits per heavy atom. The number of benzene rings is 2. The van der Waals surface area contributed by atoms with Gasteiger partial charge in [-0.3, -0.25) is 4.79 Å². The van der Waals surface area contributed by atoms with Crippen molar-refractivity contribution in [3.63, 3.8) is 0 Å². The van der Waals surface area contributed by atoms with Crippen molar-refractivity contribution in [3.05, 3.63) is 65.2 Å². The third kappa shape index (κ3) is 3.51. The van der Waals surface area contributed by atoms with Gasteiger partial charge in [-0.1, -0.05) is 54.4 Å². The molecular formula is C21H26N2O. The molecule has 2 aromatic rings. The van der Waals surface area contributed by atoms with Crippen LogP contribution in [0.15, 0.2) is 48.5 Å². The zero-order valence-electron chi connectivity index (χ0n) is 14.4. The predicted octanol–water partition coefficient (Wildman–Crippen LogP) is 3.80. The zero-order chi connectivity index (χ0) is 16.9.